The van der Waals surface area contributed by atoms with Gasteiger partial charge < -0.3 is 18.9 Å². The van der Waals surface area contributed by atoms with E-state index in [1.165, 1.54) is 0 Å². The molecule has 1 heterocycles. The van der Waals surface area contributed by atoms with Crippen LogP contribution in [0.25, 0.3) is 22.0 Å². The lowest BCUT2D eigenvalue weighted by atomic mass is 10.0. The van der Waals surface area contributed by atoms with Gasteiger partial charge in [0.05, 0.1) is 34.1 Å². The standard InChI is InChI=1S/C20H19NO4.ClH/c1-22-15-5-6-16(23-2)19-13-7-11-8-17(24-3)18(25-4)9-12(11)20(13)21-10-14(15)19;/h5-6,8-10H,7H2,1-4H3;1H. The van der Waals surface area contributed by atoms with Gasteiger partial charge in [0.15, 0.2) is 11.5 Å². The first-order valence-corrected chi connectivity index (χ1v) is 7.99. The maximum Gasteiger partial charge on any atom is 0.161 e. The lowest BCUT2D eigenvalue weighted by molar-refractivity contribution is 0.355. The Bertz CT molecular complexity index is 987. The summed E-state index contributed by atoms with van der Waals surface area (Å²) in [5.41, 5.74) is 4.32. The number of nitrogens with zero attached hydrogens (tertiary/aromatic N) is 1. The second-order valence-electron chi connectivity index (χ2n) is 5.89. The molecular formula is C20H20ClNO4. The molecule has 0 amide bonds. The zero-order valence-electron chi connectivity index (χ0n) is 15.1. The summed E-state index contributed by atoms with van der Waals surface area (Å²) in [5, 5.41) is 1.99. The van der Waals surface area contributed by atoms with E-state index in [1.807, 2.05) is 30.5 Å². The van der Waals surface area contributed by atoms with Gasteiger partial charge in [-0.3, -0.25) is 4.98 Å². The Balaban J connectivity index is 0.00000196. The minimum atomic E-state index is 0. The summed E-state index contributed by atoms with van der Waals surface area (Å²) in [4.78, 5) is 4.71. The Hall–Kier alpha value is -2.66. The summed E-state index contributed by atoms with van der Waals surface area (Å²) in [6, 6.07) is 7.86. The Kier molecular flexibility index (Phi) is 4.83. The lowest BCUT2D eigenvalue weighted by Crippen LogP contribution is -1.95. The van der Waals surface area contributed by atoms with Crippen LogP contribution >= 0.6 is 12.4 Å². The first-order valence-electron chi connectivity index (χ1n) is 7.99. The van der Waals surface area contributed by atoms with Gasteiger partial charge in [0.2, 0.25) is 0 Å². The van der Waals surface area contributed by atoms with Crippen LogP contribution in [-0.4, -0.2) is 33.4 Å². The molecule has 0 atom stereocenters. The Morgan fingerprint density at radius 2 is 1.42 bits per heavy atom. The second kappa shape index (κ2) is 6.92. The normalized spacial score (nSPS) is 11.4. The van der Waals surface area contributed by atoms with Gasteiger partial charge in [-0.05, 0) is 35.4 Å². The number of ether oxygens (including phenoxy) is 4. The topological polar surface area (TPSA) is 49.8 Å². The van der Waals surface area contributed by atoms with E-state index in [1.54, 1.807) is 28.4 Å². The molecule has 1 aliphatic rings. The molecule has 0 aliphatic heterocycles. The number of methoxy groups -OCH3 is 4. The predicted octanol–water partition coefficient (Wildman–Crippen LogP) is 4.26. The molecule has 1 aromatic heterocycles. The molecule has 1 aliphatic carbocycles. The van der Waals surface area contributed by atoms with Crippen LogP contribution in [0.4, 0.5) is 0 Å². The van der Waals surface area contributed by atoms with Crippen molar-refractivity contribution in [2.45, 2.75) is 6.42 Å². The molecule has 26 heavy (non-hydrogen) atoms. The van der Waals surface area contributed by atoms with Crippen molar-refractivity contribution in [3.8, 4) is 34.3 Å². The number of rotatable bonds is 4. The van der Waals surface area contributed by atoms with Gasteiger partial charge >= 0.3 is 0 Å². The van der Waals surface area contributed by atoms with Crippen molar-refractivity contribution in [2.75, 3.05) is 28.4 Å². The number of aromatic nitrogens is 1. The lowest BCUT2D eigenvalue weighted by Gasteiger charge is -2.13. The third kappa shape index (κ3) is 2.51. The average molecular weight is 374 g/mol. The molecule has 0 fully saturated rings. The maximum absolute atomic E-state index is 5.61. The number of halogens is 1. The summed E-state index contributed by atoms with van der Waals surface area (Å²) < 4.78 is 22.0. The summed E-state index contributed by atoms with van der Waals surface area (Å²) >= 11 is 0. The molecule has 6 heteroatoms. The third-order valence-corrected chi connectivity index (χ3v) is 4.75. The quantitative estimate of drug-likeness (QED) is 0.535. The van der Waals surface area contributed by atoms with Crippen LogP contribution in [0, 0.1) is 0 Å². The van der Waals surface area contributed by atoms with Crippen molar-refractivity contribution in [1.29, 1.82) is 0 Å². The molecule has 0 bridgehead atoms. The van der Waals surface area contributed by atoms with E-state index in [0.717, 1.165) is 56.8 Å². The Morgan fingerprint density at radius 3 is 2.08 bits per heavy atom. The van der Waals surface area contributed by atoms with Gasteiger partial charge in [0.1, 0.15) is 11.5 Å². The highest BCUT2D eigenvalue weighted by Gasteiger charge is 2.26. The SMILES string of the molecule is COc1cc2c(cc1OC)-c1ncc3c(OC)ccc(OC)c3c1C2.Cl. The second-order valence-corrected chi connectivity index (χ2v) is 5.89. The van der Waals surface area contributed by atoms with Gasteiger partial charge in [0, 0.05) is 29.0 Å². The van der Waals surface area contributed by atoms with Gasteiger partial charge in [-0.2, -0.15) is 0 Å². The molecule has 0 saturated carbocycles. The van der Waals surface area contributed by atoms with Crippen LogP contribution in [0.2, 0.25) is 0 Å². The molecule has 4 rings (SSSR count). The molecule has 5 nitrogen and oxygen atoms in total. The molecule has 2 aromatic carbocycles. The van der Waals surface area contributed by atoms with Crippen LogP contribution in [0.3, 0.4) is 0 Å². The largest absolute Gasteiger partial charge is 0.496 e. The zero-order chi connectivity index (χ0) is 17.6. The number of hydrogen-bond donors (Lipinski definition) is 0. The van der Waals surface area contributed by atoms with Crippen LogP contribution in [0.5, 0.6) is 23.0 Å². The first-order chi connectivity index (χ1) is 12.2. The van der Waals surface area contributed by atoms with Gasteiger partial charge in [-0.25, -0.2) is 0 Å². The summed E-state index contributed by atoms with van der Waals surface area (Å²) in [6.45, 7) is 0. The molecular weight excluding hydrogens is 354 g/mol. The van der Waals surface area contributed by atoms with Gasteiger partial charge in [-0.15, -0.1) is 12.4 Å². The van der Waals surface area contributed by atoms with E-state index >= 15 is 0 Å². The van der Waals surface area contributed by atoms with Crippen molar-refractivity contribution in [3.05, 3.63) is 41.6 Å². The number of fused-ring (bicyclic) bond motifs is 5. The molecule has 0 saturated heterocycles. The molecule has 0 spiro atoms. The van der Waals surface area contributed by atoms with Crippen molar-refractivity contribution in [1.82, 2.24) is 4.98 Å². The van der Waals surface area contributed by atoms with E-state index in [9.17, 15) is 0 Å². The molecule has 0 unspecified atom stereocenters. The minimum Gasteiger partial charge on any atom is -0.496 e. The van der Waals surface area contributed by atoms with Crippen molar-refractivity contribution >= 4 is 23.2 Å². The highest BCUT2D eigenvalue weighted by Crippen LogP contribution is 2.46. The smallest absolute Gasteiger partial charge is 0.161 e. The van der Waals surface area contributed by atoms with Crippen LogP contribution in [0.15, 0.2) is 30.5 Å². The third-order valence-electron chi connectivity index (χ3n) is 4.75. The maximum atomic E-state index is 5.61. The van der Waals surface area contributed by atoms with Crippen LogP contribution in [-0.2, 0) is 6.42 Å². The molecule has 0 N–H and O–H groups in total. The average Bonchev–Trinajstić information content (AvgIpc) is 3.03. The first kappa shape index (κ1) is 18.1. The van der Waals surface area contributed by atoms with E-state index in [0.29, 0.717) is 5.75 Å². The van der Waals surface area contributed by atoms with Crippen molar-refractivity contribution in [2.24, 2.45) is 0 Å². The van der Waals surface area contributed by atoms with E-state index in [-0.39, 0.29) is 12.4 Å². The summed E-state index contributed by atoms with van der Waals surface area (Å²) in [5.74, 6) is 3.04. The zero-order valence-corrected chi connectivity index (χ0v) is 15.9. The van der Waals surface area contributed by atoms with Crippen LogP contribution < -0.4 is 18.9 Å². The van der Waals surface area contributed by atoms with Gasteiger partial charge in [0.25, 0.3) is 0 Å². The van der Waals surface area contributed by atoms with E-state index < -0.39 is 0 Å². The fourth-order valence-corrected chi connectivity index (χ4v) is 3.58. The predicted molar refractivity (Wildman–Crippen MR) is 103 cm³/mol. The van der Waals surface area contributed by atoms with Crippen molar-refractivity contribution < 1.29 is 18.9 Å². The monoisotopic (exact) mass is 373 g/mol. The number of pyridine rings is 1. The summed E-state index contributed by atoms with van der Waals surface area (Å²) in [6.07, 6.45) is 2.61. The molecule has 136 valence electrons. The molecule has 0 radical (unpaired) electrons. The number of benzene rings is 2. The highest BCUT2D eigenvalue weighted by molar-refractivity contribution is 6.00. The van der Waals surface area contributed by atoms with Crippen LogP contribution in [0.1, 0.15) is 11.1 Å². The fourth-order valence-electron chi connectivity index (χ4n) is 3.58. The molecule has 3 aromatic rings. The van der Waals surface area contributed by atoms with E-state index in [4.69, 9.17) is 23.9 Å². The fraction of sp³-hybridized carbons (Fsp3) is 0.250. The van der Waals surface area contributed by atoms with E-state index in [2.05, 4.69) is 0 Å². The summed E-state index contributed by atoms with van der Waals surface area (Å²) in [7, 11) is 6.64. The van der Waals surface area contributed by atoms with Crippen molar-refractivity contribution in [3.63, 3.8) is 0 Å². The minimum absolute atomic E-state index is 0. The van der Waals surface area contributed by atoms with Gasteiger partial charge in [-0.1, -0.05) is 0 Å². The Morgan fingerprint density at radius 1 is 0.808 bits per heavy atom. The Labute approximate surface area is 158 Å². The number of hydrogen-bond acceptors (Lipinski definition) is 5. The highest BCUT2D eigenvalue weighted by atomic mass is 35.5.